The molecule has 4 heteroatoms. The van der Waals surface area contributed by atoms with Gasteiger partial charge in [-0.15, -0.1) is 11.3 Å². The first kappa shape index (κ1) is 12.4. The number of rotatable bonds is 7. The summed E-state index contributed by atoms with van der Waals surface area (Å²) in [6, 6.07) is 4.04. The molecule has 1 rings (SSSR count). The van der Waals surface area contributed by atoms with Crippen molar-refractivity contribution in [2.75, 3.05) is 19.8 Å². The number of hydrogen-bond donors (Lipinski definition) is 0. The Hall–Kier alpha value is -0.710. The zero-order valence-electron chi connectivity index (χ0n) is 9.18. The van der Waals surface area contributed by atoms with Crippen molar-refractivity contribution in [1.82, 2.24) is 0 Å². The summed E-state index contributed by atoms with van der Waals surface area (Å²) in [6.45, 7) is 5.77. The van der Waals surface area contributed by atoms with Crippen LogP contribution in [0.1, 0.15) is 18.7 Å². The average molecular weight is 227 g/mol. The van der Waals surface area contributed by atoms with Gasteiger partial charge in [-0.25, -0.2) is 0 Å². The van der Waals surface area contributed by atoms with Gasteiger partial charge in [0.15, 0.2) is 6.29 Å². The lowest BCUT2D eigenvalue weighted by Crippen LogP contribution is -2.20. The lowest BCUT2D eigenvalue weighted by molar-refractivity contribution is -0.128. The van der Waals surface area contributed by atoms with Gasteiger partial charge in [-0.1, -0.05) is 6.07 Å². The molecule has 0 bridgehead atoms. The van der Waals surface area contributed by atoms with Gasteiger partial charge >= 0.3 is 0 Å². The van der Waals surface area contributed by atoms with Crippen LogP contribution in [0.3, 0.4) is 0 Å². The molecular weight excluding hydrogens is 210 g/mol. The highest BCUT2D eigenvalue weighted by Gasteiger charge is 2.05. The summed E-state index contributed by atoms with van der Waals surface area (Å²) in [5.74, 6) is 0. The van der Waals surface area contributed by atoms with Crippen molar-refractivity contribution in [3.63, 3.8) is 0 Å². The van der Waals surface area contributed by atoms with E-state index in [2.05, 4.69) is 4.99 Å². The van der Waals surface area contributed by atoms with Crippen LogP contribution < -0.4 is 0 Å². The molecule has 0 N–H and O–H groups in total. The first-order valence-electron chi connectivity index (χ1n) is 5.13. The number of hydrogen-bond acceptors (Lipinski definition) is 4. The molecule has 0 atom stereocenters. The molecule has 3 nitrogen and oxygen atoms in total. The molecule has 0 saturated carbocycles. The van der Waals surface area contributed by atoms with Crippen molar-refractivity contribution in [3.05, 3.63) is 22.4 Å². The summed E-state index contributed by atoms with van der Waals surface area (Å²) in [5, 5.41) is 2.03. The van der Waals surface area contributed by atoms with Gasteiger partial charge in [-0.2, -0.15) is 0 Å². The van der Waals surface area contributed by atoms with Crippen LogP contribution in [0.25, 0.3) is 0 Å². The topological polar surface area (TPSA) is 30.8 Å². The van der Waals surface area contributed by atoms with Crippen LogP contribution >= 0.6 is 11.3 Å². The predicted molar refractivity (Wildman–Crippen MR) is 63.8 cm³/mol. The minimum Gasteiger partial charge on any atom is -0.351 e. The molecule has 1 aromatic heterocycles. The number of aliphatic imine (C=N–C) groups is 1. The van der Waals surface area contributed by atoms with E-state index in [1.54, 1.807) is 11.3 Å². The molecule has 0 spiro atoms. The van der Waals surface area contributed by atoms with Gasteiger partial charge in [0.2, 0.25) is 0 Å². The summed E-state index contributed by atoms with van der Waals surface area (Å²) in [7, 11) is 0. The first-order valence-corrected chi connectivity index (χ1v) is 6.01. The van der Waals surface area contributed by atoms with Gasteiger partial charge in [0.1, 0.15) is 0 Å². The van der Waals surface area contributed by atoms with Crippen LogP contribution in [0.15, 0.2) is 22.5 Å². The van der Waals surface area contributed by atoms with E-state index in [4.69, 9.17) is 9.47 Å². The SMILES string of the molecule is CCOC(C/N=C\c1cccs1)OCC. The highest BCUT2D eigenvalue weighted by atomic mass is 32.1. The van der Waals surface area contributed by atoms with Gasteiger partial charge in [0.25, 0.3) is 0 Å². The Labute approximate surface area is 94.7 Å². The minimum absolute atomic E-state index is 0.212. The fraction of sp³-hybridized carbons (Fsp3) is 0.545. The summed E-state index contributed by atoms with van der Waals surface area (Å²) in [5.41, 5.74) is 0. The molecule has 0 aliphatic carbocycles. The smallest absolute Gasteiger partial charge is 0.176 e. The summed E-state index contributed by atoms with van der Waals surface area (Å²) >= 11 is 1.67. The second kappa shape index (κ2) is 7.56. The molecule has 15 heavy (non-hydrogen) atoms. The van der Waals surface area contributed by atoms with E-state index in [9.17, 15) is 0 Å². The molecule has 0 aromatic carbocycles. The van der Waals surface area contributed by atoms with Crippen LogP contribution in [-0.2, 0) is 9.47 Å². The van der Waals surface area contributed by atoms with Gasteiger partial charge in [0.05, 0.1) is 6.54 Å². The standard InChI is InChI=1S/C11H17NO2S/c1-3-13-11(14-4-2)9-12-8-10-6-5-7-15-10/h5-8,11H,3-4,9H2,1-2H3/b12-8-. The Bertz CT molecular complexity index is 266. The third-order valence-electron chi connectivity index (χ3n) is 1.72. The quantitative estimate of drug-likeness (QED) is 0.529. The van der Waals surface area contributed by atoms with Gasteiger partial charge < -0.3 is 9.47 Å². The highest BCUT2D eigenvalue weighted by molar-refractivity contribution is 7.11. The molecule has 0 radical (unpaired) electrons. The zero-order valence-corrected chi connectivity index (χ0v) is 10.00. The van der Waals surface area contributed by atoms with E-state index in [0.717, 1.165) is 4.88 Å². The van der Waals surface area contributed by atoms with E-state index in [1.807, 2.05) is 37.6 Å². The van der Waals surface area contributed by atoms with Gasteiger partial charge in [-0.3, -0.25) is 4.99 Å². The maximum atomic E-state index is 5.37. The van der Waals surface area contributed by atoms with E-state index in [1.165, 1.54) is 0 Å². The molecule has 0 saturated heterocycles. The minimum atomic E-state index is -0.212. The Morgan fingerprint density at radius 2 is 2.13 bits per heavy atom. The lowest BCUT2D eigenvalue weighted by Gasteiger charge is -2.13. The lowest BCUT2D eigenvalue weighted by atomic mass is 10.5. The molecule has 84 valence electrons. The molecule has 0 fully saturated rings. The zero-order chi connectivity index (χ0) is 10.9. The highest BCUT2D eigenvalue weighted by Crippen LogP contribution is 2.05. The van der Waals surface area contributed by atoms with E-state index < -0.39 is 0 Å². The summed E-state index contributed by atoms with van der Waals surface area (Å²) < 4.78 is 10.7. The molecule has 0 unspecified atom stereocenters. The fourth-order valence-electron chi connectivity index (χ4n) is 1.12. The molecule has 0 aliphatic heterocycles. The van der Waals surface area contributed by atoms with Crippen LogP contribution in [-0.4, -0.2) is 32.3 Å². The Morgan fingerprint density at radius 3 is 2.67 bits per heavy atom. The molecule has 1 heterocycles. The van der Waals surface area contributed by atoms with Gasteiger partial charge in [-0.05, 0) is 25.3 Å². The van der Waals surface area contributed by atoms with Crippen molar-refractivity contribution < 1.29 is 9.47 Å². The molecule has 1 aromatic rings. The average Bonchev–Trinajstić information content (AvgIpc) is 2.71. The monoisotopic (exact) mass is 227 g/mol. The van der Waals surface area contributed by atoms with E-state index in [0.29, 0.717) is 19.8 Å². The third kappa shape index (κ3) is 5.06. The number of ether oxygens (including phenoxy) is 2. The van der Waals surface area contributed by atoms with Crippen molar-refractivity contribution in [2.45, 2.75) is 20.1 Å². The van der Waals surface area contributed by atoms with Crippen molar-refractivity contribution in [1.29, 1.82) is 0 Å². The molecular formula is C11H17NO2S. The number of thiophene rings is 1. The van der Waals surface area contributed by atoms with Crippen LogP contribution in [0.5, 0.6) is 0 Å². The third-order valence-corrected chi connectivity index (χ3v) is 2.53. The fourth-order valence-corrected chi connectivity index (χ4v) is 1.73. The molecule has 0 amide bonds. The van der Waals surface area contributed by atoms with Gasteiger partial charge in [0, 0.05) is 24.3 Å². The van der Waals surface area contributed by atoms with Crippen molar-refractivity contribution in [2.24, 2.45) is 4.99 Å². The number of nitrogens with zero attached hydrogens (tertiary/aromatic N) is 1. The van der Waals surface area contributed by atoms with Crippen molar-refractivity contribution in [3.8, 4) is 0 Å². The van der Waals surface area contributed by atoms with Crippen LogP contribution in [0.2, 0.25) is 0 Å². The Morgan fingerprint density at radius 1 is 1.40 bits per heavy atom. The summed E-state index contributed by atoms with van der Waals surface area (Å²) in [4.78, 5) is 5.44. The first-order chi connectivity index (χ1) is 7.36. The second-order valence-corrected chi connectivity index (χ2v) is 3.83. The largest absolute Gasteiger partial charge is 0.351 e. The summed E-state index contributed by atoms with van der Waals surface area (Å²) in [6.07, 6.45) is 1.65. The van der Waals surface area contributed by atoms with Crippen LogP contribution in [0, 0.1) is 0 Å². The predicted octanol–water partition coefficient (Wildman–Crippen LogP) is 2.57. The van der Waals surface area contributed by atoms with E-state index >= 15 is 0 Å². The molecule has 0 aliphatic rings. The normalized spacial score (nSPS) is 11.7. The maximum absolute atomic E-state index is 5.37. The second-order valence-electron chi connectivity index (χ2n) is 2.85. The van der Waals surface area contributed by atoms with Crippen LogP contribution in [0.4, 0.5) is 0 Å². The van der Waals surface area contributed by atoms with Crippen molar-refractivity contribution >= 4 is 17.6 Å². The Kier molecular flexibility index (Phi) is 6.23. The Balaban J connectivity index is 2.32. The van der Waals surface area contributed by atoms with E-state index in [-0.39, 0.29) is 6.29 Å². The maximum Gasteiger partial charge on any atom is 0.176 e.